The van der Waals surface area contributed by atoms with Gasteiger partial charge >= 0.3 is 18.1 Å². The summed E-state index contributed by atoms with van der Waals surface area (Å²) < 4.78 is 48.4. The van der Waals surface area contributed by atoms with Crippen molar-refractivity contribution < 1.29 is 37.0 Å². The zero-order chi connectivity index (χ0) is 26.5. The Balaban J connectivity index is 1.49. The lowest BCUT2D eigenvalue weighted by atomic mass is 9.89. The fraction of sp³-hybridized carbons (Fsp3) is 0.423. The minimum absolute atomic E-state index is 0.0419. The maximum atomic E-state index is 12.6. The molecule has 2 amide bonds. The first kappa shape index (κ1) is 27.0. The van der Waals surface area contributed by atoms with Crippen molar-refractivity contribution in [2.24, 2.45) is 0 Å². The van der Waals surface area contributed by atoms with E-state index in [0.29, 0.717) is 29.8 Å². The van der Waals surface area contributed by atoms with Crippen LogP contribution in [0, 0.1) is 0 Å². The highest BCUT2D eigenvalue weighted by atomic mass is 19.4. The first-order chi connectivity index (χ1) is 16.8. The molecule has 0 bridgehead atoms. The van der Waals surface area contributed by atoms with E-state index in [4.69, 9.17) is 9.47 Å². The van der Waals surface area contributed by atoms with Crippen LogP contribution in [0.1, 0.15) is 55.5 Å². The smallest absolute Gasteiger partial charge is 0.471 e. The molecule has 0 aliphatic carbocycles. The number of carbonyl (C=O) groups is 3. The van der Waals surface area contributed by atoms with E-state index < -0.39 is 23.7 Å². The van der Waals surface area contributed by atoms with Gasteiger partial charge in [-0.2, -0.15) is 13.2 Å². The SMILES string of the molecule is CC(C)(C)OC(=O)COc1ccc(C(=O)Nc2ccc(C3CCN(C(=O)C(F)(F)F)CC3)cc2)cc1. The molecule has 0 saturated carbocycles. The van der Waals surface area contributed by atoms with Gasteiger partial charge in [0.15, 0.2) is 6.61 Å². The van der Waals surface area contributed by atoms with Crippen molar-refractivity contribution >= 4 is 23.5 Å². The summed E-state index contributed by atoms with van der Waals surface area (Å²) in [5.74, 6) is -2.15. The second-order valence-corrected chi connectivity index (χ2v) is 9.54. The minimum atomic E-state index is -4.85. The van der Waals surface area contributed by atoms with Crippen LogP contribution in [0.4, 0.5) is 18.9 Å². The van der Waals surface area contributed by atoms with Crippen LogP contribution in [0.3, 0.4) is 0 Å². The Bertz CT molecular complexity index is 1070. The molecule has 2 aromatic rings. The van der Waals surface area contributed by atoms with Crippen LogP contribution in [0.15, 0.2) is 48.5 Å². The number of likely N-dealkylation sites (tertiary alicyclic amines) is 1. The highest BCUT2D eigenvalue weighted by Crippen LogP contribution is 2.31. The fourth-order valence-electron chi connectivity index (χ4n) is 3.85. The van der Waals surface area contributed by atoms with Gasteiger partial charge in [0, 0.05) is 24.3 Å². The molecular formula is C26H29F3N2O5. The van der Waals surface area contributed by atoms with Crippen molar-refractivity contribution in [2.45, 2.75) is 51.3 Å². The minimum Gasteiger partial charge on any atom is -0.482 e. The standard InChI is InChI=1S/C26H29F3N2O5/c1-25(2,3)36-22(32)16-35-21-10-6-19(7-11-21)23(33)30-20-8-4-17(5-9-20)18-12-14-31(15-13-18)24(34)26(27,28)29/h4-11,18H,12-16H2,1-3H3,(H,30,33). The molecule has 1 aliphatic rings. The largest absolute Gasteiger partial charge is 0.482 e. The molecule has 0 aromatic heterocycles. The fourth-order valence-corrected chi connectivity index (χ4v) is 3.85. The normalized spacial score (nSPS) is 14.8. The van der Waals surface area contributed by atoms with Gasteiger partial charge in [-0.3, -0.25) is 9.59 Å². The number of amides is 2. The van der Waals surface area contributed by atoms with Crippen molar-refractivity contribution in [1.82, 2.24) is 4.90 Å². The van der Waals surface area contributed by atoms with E-state index in [2.05, 4.69) is 5.32 Å². The molecule has 7 nitrogen and oxygen atoms in total. The monoisotopic (exact) mass is 506 g/mol. The number of esters is 1. The molecule has 0 atom stereocenters. The summed E-state index contributed by atoms with van der Waals surface area (Å²) in [6, 6.07) is 13.4. The van der Waals surface area contributed by atoms with Gasteiger partial charge < -0.3 is 19.7 Å². The number of alkyl halides is 3. The molecule has 194 valence electrons. The Morgan fingerprint density at radius 1 is 0.944 bits per heavy atom. The van der Waals surface area contributed by atoms with Gasteiger partial charge in [-0.25, -0.2) is 4.79 Å². The molecule has 1 heterocycles. The molecule has 36 heavy (non-hydrogen) atoms. The maximum Gasteiger partial charge on any atom is 0.471 e. The van der Waals surface area contributed by atoms with Crippen molar-refractivity contribution in [1.29, 1.82) is 0 Å². The molecule has 1 N–H and O–H groups in total. The van der Waals surface area contributed by atoms with Crippen LogP contribution in [0.25, 0.3) is 0 Å². The average Bonchev–Trinajstić information content (AvgIpc) is 2.81. The summed E-state index contributed by atoms with van der Waals surface area (Å²) in [6.07, 6.45) is -3.97. The predicted octanol–water partition coefficient (Wildman–Crippen LogP) is 4.93. The lowest BCUT2D eigenvalue weighted by Gasteiger charge is -2.32. The lowest BCUT2D eigenvalue weighted by Crippen LogP contribution is -2.45. The van der Waals surface area contributed by atoms with Gasteiger partial charge in [0.1, 0.15) is 11.4 Å². The van der Waals surface area contributed by atoms with Crippen LogP contribution in [0.2, 0.25) is 0 Å². The van der Waals surface area contributed by atoms with E-state index in [1.807, 2.05) is 12.1 Å². The topological polar surface area (TPSA) is 84.9 Å². The van der Waals surface area contributed by atoms with E-state index >= 15 is 0 Å². The maximum absolute atomic E-state index is 12.6. The van der Waals surface area contributed by atoms with Gasteiger partial charge in [-0.1, -0.05) is 12.1 Å². The van der Waals surface area contributed by atoms with Gasteiger partial charge in [0.25, 0.3) is 5.91 Å². The van der Waals surface area contributed by atoms with Crippen LogP contribution < -0.4 is 10.1 Å². The predicted molar refractivity (Wildman–Crippen MR) is 127 cm³/mol. The molecule has 3 rings (SSSR count). The van der Waals surface area contributed by atoms with E-state index in [9.17, 15) is 27.6 Å². The van der Waals surface area contributed by atoms with E-state index in [1.54, 1.807) is 57.2 Å². The summed E-state index contributed by atoms with van der Waals surface area (Å²) in [7, 11) is 0. The second-order valence-electron chi connectivity index (χ2n) is 9.54. The summed E-state index contributed by atoms with van der Waals surface area (Å²) >= 11 is 0. The van der Waals surface area contributed by atoms with Crippen LogP contribution >= 0.6 is 0 Å². The summed E-state index contributed by atoms with van der Waals surface area (Å²) in [4.78, 5) is 36.5. The van der Waals surface area contributed by atoms with E-state index in [-0.39, 0.29) is 31.5 Å². The molecule has 0 unspecified atom stereocenters. The Morgan fingerprint density at radius 2 is 1.53 bits per heavy atom. The third kappa shape index (κ3) is 7.73. The zero-order valence-electron chi connectivity index (χ0n) is 20.4. The molecule has 2 aromatic carbocycles. The number of hydrogen-bond donors (Lipinski definition) is 1. The Labute approximate surface area is 207 Å². The number of benzene rings is 2. The van der Waals surface area contributed by atoms with Crippen molar-refractivity contribution in [2.75, 3.05) is 25.0 Å². The summed E-state index contributed by atoms with van der Waals surface area (Å²) in [5, 5.41) is 2.79. The van der Waals surface area contributed by atoms with Gasteiger partial charge in [-0.15, -0.1) is 0 Å². The summed E-state index contributed by atoms with van der Waals surface area (Å²) in [5.41, 5.74) is 1.30. The van der Waals surface area contributed by atoms with Crippen LogP contribution in [0.5, 0.6) is 5.75 Å². The number of halogens is 3. The third-order valence-electron chi connectivity index (χ3n) is 5.56. The zero-order valence-corrected chi connectivity index (χ0v) is 20.4. The Morgan fingerprint density at radius 3 is 2.06 bits per heavy atom. The van der Waals surface area contributed by atoms with Crippen molar-refractivity contribution in [3.8, 4) is 5.75 Å². The first-order valence-electron chi connectivity index (χ1n) is 11.5. The number of hydrogen-bond acceptors (Lipinski definition) is 5. The highest BCUT2D eigenvalue weighted by molar-refractivity contribution is 6.04. The molecule has 0 radical (unpaired) electrons. The van der Waals surface area contributed by atoms with E-state index in [1.165, 1.54) is 0 Å². The lowest BCUT2D eigenvalue weighted by molar-refractivity contribution is -0.186. The van der Waals surface area contributed by atoms with Gasteiger partial charge in [0.05, 0.1) is 0 Å². The first-order valence-corrected chi connectivity index (χ1v) is 11.5. The Hall–Kier alpha value is -3.56. The third-order valence-corrected chi connectivity index (χ3v) is 5.56. The van der Waals surface area contributed by atoms with E-state index in [0.717, 1.165) is 10.5 Å². The van der Waals surface area contributed by atoms with Crippen LogP contribution in [-0.4, -0.2) is 54.2 Å². The number of nitrogens with one attached hydrogen (secondary N) is 1. The molecule has 10 heteroatoms. The molecule has 1 saturated heterocycles. The molecular weight excluding hydrogens is 477 g/mol. The quantitative estimate of drug-likeness (QED) is 0.562. The summed E-state index contributed by atoms with van der Waals surface area (Å²) in [6.45, 7) is 5.16. The molecule has 1 aliphatic heterocycles. The molecule has 1 fully saturated rings. The van der Waals surface area contributed by atoms with Gasteiger partial charge in [0.2, 0.25) is 0 Å². The van der Waals surface area contributed by atoms with Crippen LogP contribution in [-0.2, 0) is 14.3 Å². The number of piperidine rings is 1. The highest BCUT2D eigenvalue weighted by Gasteiger charge is 2.43. The number of ether oxygens (including phenoxy) is 2. The number of anilines is 1. The number of nitrogens with zero attached hydrogens (tertiary/aromatic N) is 1. The Kier molecular flexibility index (Phi) is 8.27. The average molecular weight is 507 g/mol. The van der Waals surface area contributed by atoms with Gasteiger partial charge in [-0.05, 0) is 81.5 Å². The van der Waals surface area contributed by atoms with Crippen molar-refractivity contribution in [3.63, 3.8) is 0 Å². The second kappa shape index (κ2) is 11.0. The number of rotatable bonds is 6. The molecule has 0 spiro atoms. The van der Waals surface area contributed by atoms with Crippen molar-refractivity contribution in [3.05, 3.63) is 59.7 Å². The number of carbonyl (C=O) groups excluding carboxylic acids is 3.